The van der Waals surface area contributed by atoms with Crippen LogP contribution in [0.1, 0.15) is 30.7 Å². The summed E-state index contributed by atoms with van der Waals surface area (Å²) in [5, 5.41) is 11.5. The van der Waals surface area contributed by atoms with Gasteiger partial charge in [-0.1, -0.05) is 36.8 Å². The lowest BCUT2D eigenvalue weighted by molar-refractivity contribution is -0.116. The highest BCUT2D eigenvalue weighted by molar-refractivity contribution is 5.90. The molecule has 178 valence electrons. The third-order valence-electron chi connectivity index (χ3n) is 6.17. The van der Waals surface area contributed by atoms with E-state index in [-0.39, 0.29) is 6.54 Å². The Balaban J connectivity index is 1.29. The Hall–Kier alpha value is -4.27. The first-order valence-electron chi connectivity index (χ1n) is 11.7. The maximum atomic E-state index is 12.8. The molecule has 0 saturated heterocycles. The smallest absolute Gasteiger partial charge is 0.325 e. The molecule has 4 aromatic rings. The first-order valence-corrected chi connectivity index (χ1v) is 11.7. The number of carbonyl (C=O) groups is 1. The molecule has 1 amide bonds. The fraction of sp³-hybridized carbons (Fsp3) is 0.269. The molecule has 1 aliphatic rings. The second-order valence-electron chi connectivity index (χ2n) is 8.66. The summed E-state index contributed by atoms with van der Waals surface area (Å²) >= 11 is 0. The predicted octanol–water partition coefficient (Wildman–Crippen LogP) is 2.68. The van der Waals surface area contributed by atoms with Crippen LogP contribution in [0.3, 0.4) is 0 Å². The Morgan fingerprint density at radius 3 is 2.51 bits per heavy atom. The predicted molar refractivity (Wildman–Crippen MR) is 132 cm³/mol. The van der Waals surface area contributed by atoms with Gasteiger partial charge in [0, 0.05) is 36.5 Å². The Labute approximate surface area is 201 Å². The standard InChI is InChI=1S/C26H26N6O3/c33-23(18-32-24(34)14-16-30(26(32)35)17-19-7-3-1-4-8-19)27-21-12-10-20(11-13-21)25-29-28-22-9-5-2-6-15-31(22)25/h1,3-4,7-8,10-14,16H,2,5-6,9,15,17-18H2,(H,27,33). The minimum atomic E-state index is -0.528. The first-order chi connectivity index (χ1) is 17.1. The minimum absolute atomic E-state index is 0.315. The molecule has 0 fully saturated rings. The number of rotatable bonds is 6. The highest BCUT2D eigenvalue weighted by Crippen LogP contribution is 2.24. The van der Waals surface area contributed by atoms with E-state index in [4.69, 9.17) is 0 Å². The molecule has 2 aromatic heterocycles. The molecule has 5 rings (SSSR count). The molecule has 0 aliphatic carbocycles. The van der Waals surface area contributed by atoms with Crippen molar-refractivity contribution in [3.05, 3.63) is 99.1 Å². The number of nitrogens with one attached hydrogen (secondary N) is 1. The van der Waals surface area contributed by atoms with Crippen LogP contribution in [0.5, 0.6) is 0 Å². The molecule has 1 N–H and O–H groups in total. The Morgan fingerprint density at radius 1 is 0.914 bits per heavy atom. The zero-order valence-corrected chi connectivity index (χ0v) is 19.3. The van der Waals surface area contributed by atoms with E-state index in [1.54, 1.807) is 12.1 Å². The Bertz CT molecular complexity index is 1450. The lowest BCUT2D eigenvalue weighted by atomic mass is 10.2. The number of hydrogen-bond donors (Lipinski definition) is 1. The summed E-state index contributed by atoms with van der Waals surface area (Å²) in [5.41, 5.74) is 1.38. The number of nitrogens with zero attached hydrogens (tertiary/aromatic N) is 5. The fourth-order valence-corrected chi connectivity index (χ4v) is 4.35. The van der Waals surface area contributed by atoms with Crippen LogP contribution in [0, 0.1) is 0 Å². The normalized spacial score (nSPS) is 13.1. The molecule has 0 radical (unpaired) electrons. The molecular weight excluding hydrogens is 444 g/mol. The van der Waals surface area contributed by atoms with Gasteiger partial charge in [0.15, 0.2) is 5.82 Å². The van der Waals surface area contributed by atoms with Gasteiger partial charge in [-0.05, 0) is 42.7 Å². The minimum Gasteiger partial charge on any atom is -0.325 e. The van der Waals surface area contributed by atoms with Gasteiger partial charge >= 0.3 is 5.69 Å². The van der Waals surface area contributed by atoms with Crippen molar-refractivity contribution in [2.45, 2.75) is 45.3 Å². The summed E-state index contributed by atoms with van der Waals surface area (Å²) in [6, 6.07) is 18.1. The fourth-order valence-electron chi connectivity index (χ4n) is 4.35. The van der Waals surface area contributed by atoms with E-state index >= 15 is 0 Å². The zero-order chi connectivity index (χ0) is 24.2. The van der Waals surface area contributed by atoms with Crippen molar-refractivity contribution in [2.75, 3.05) is 5.32 Å². The number of amides is 1. The van der Waals surface area contributed by atoms with Crippen LogP contribution >= 0.6 is 0 Å². The van der Waals surface area contributed by atoms with Crippen molar-refractivity contribution in [1.29, 1.82) is 0 Å². The molecule has 9 heteroatoms. The van der Waals surface area contributed by atoms with E-state index in [1.165, 1.54) is 23.3 Å². The number of hydrogen-bond acceptors (Lipinski definition) is 5. The van der Waals surface area contributed by atoms with E-state index in [0.29, 0.717) is 12.2 Å². The second-order valence-corrected chi connectivity index (χ2v) is 8.66. The molecule has 0 unspecified atom stereocenters. The highest BCUT2D eigenvalue weighted by atomic mass is 16.2. The Kier molecular flexibility index (Phi) is 6.38. The average Bonchev–Trinajstić information content (AvgIpc) is 3.12. The quantitative estimate of drug-likeness (QED) is 0.467. The number of fused-ring (bicyclic) bond motifs is 1. The largest absolute Gasteiger partial charge is 0.331 e. The molecule has 0 spiro atoms. The van der Waals surface area contributed by atoms with Gasteiger partial charge in [-0.3, -0.25) is 18.7 Å². The number of aryl methyl sites for hydroxylation is 1. The van der Waals surface area contributed by atoms with Crippen LogP contribution in [0.2, 0.25) is 0 Å². The second kappa shape index (κ2) is 9.92. The van der Waals surface area contributed by atoms with E-state index in [9.17, 15) is 14.4 Å². The summed E-state index contributed by atoms with van der Waals surface area (Å²) < 4.78 is 4.53. The van der Waals surface area contributed by atoms with Crippen molar-refractivity contribution in [3.8, 4) is 11.4 Å². The van der Waals surface area contributed by atoms with Crippen molar-refractivity contribution in [1.82, 2.24) is 23.9 Å². The van der Waals surface area contributed by atoms with Crippen LogP contribution in [0.25, 0.3) is 11.4 Å². The van der Waals surface area contributed by atoms with Crippen LogP contribution < -0.4 is 16.6 Å². The molecule has 3 heterocycles. The lowest BCUT2D eigenvalue weighted by Gasteiger charge is -2.11. The number of carbonyl (C=O) groups excluding carboxylic acids is 1. The molecule has 2 aromatic carbocycles. The lowest BCUT2D eigenvalue weighted by Crippen LogP contribution is -2.41. The van der Waals surface area contributed by atoms with E-state index < -0.39 is 17.2 Å². The van der Waals surface area contributed by atoms with Gasteiger partial charge in [-0.25, -0.2) is 4.79 Å². The molecule has 0 saturated carbocycles. The maximum absolute atomic E-state index is 12.8. The van der Waals surface area contributed by atoms with Gasteiger partial charge in [0.05, 0.1) is 6.54 Å². The summed E-state index contributed by atoms with van der Waals surface area (Å²) in [7, 11) is 0. The number of aromatic nitrogens is 5. The van der Waals surface area contributed by atoms with Gasteiger partial charge in [-0.2, -0.15) is 0 Å². The SMILES string of the molecule is O=C(Cn1c(=O)ccn(Cc2ccccc2)c1=O)Nc1ccc(-c2nnc3n2CCCCC3)cc1. The van der Waals surface area contributed by atoms with E-state index in [2.05, 4.69) is 20.1 Å². The van der Waals surface area contributed by atoms with Crippen molar-refractivity contribution < 1.29 is 4.79 Å². The number of benzene rings is 2. The molecule has 0 atom stereocenters. The van der Waals surface area contributed by atoms with Crippen LogP contribution in [0.4, 0.5) is 5.69 Å². The van der Waals surface area contributed by atoms with Gasteiger partial charge < -0.3 is 9.88 Å². The third kappa shape index (κ3) is 4.98. The van der Waals surface area contributed by atoms with Gasteiger partial charge in [0.1, 0.15) is 12.4 Å². The van der Waals surface area contributed by atoms with E-state index in [0.717, 1.165) is 53.2 Å². The molecule has 1 aliphatic heterocycles. The third-order valence-corrected chi connectivity index (χ3v) is 6.17. The van der Waals surface area contributed by atoms with Crippen molar-refractivity contribution >= 4 is 11.6 Å². The first kappa shape index (κ1) is 22.5. The maximum Gasteiger partial charge on any atom is 0.331 e. The van der Waals surface area contributed by atoms with Crippen molar-refractivity contribution in [3.63, 3.8) is 0 Å². The van der Waals surface area contributed by atoms with Crippen molar-refractivity contribution in [2.24, 2.45) is 0 Å². The highest BCUT2D eigenvalue weighted by Gasteiger charge is 2.16. The molecule has 9 nitrogen and oxygen atoms in total. The average molecular weight is 471 g/mol. The summed E-state index contributed by atoms with van der Waals surface area (Å²) in [6.45, 7) is 0.853. The van der Waals surface area contributed by atoms with Crippen LogP contribution in [-0.4, -0.2) is 29.8 Å². The number of anilines is 1. The monoisotopic (exact) mass is 470 g/mol. The Morgan fingerprint density at radius 2 is 1.71 bits per heavy atom. The van der Waals surface area contributed by atoms with Crippen LogP contribution in [0.15, 0.2) is 76.4 Å². The summed E-state index contributed by atoms with van der Waals surface area (Å²) in [4.78, 5) is 37.8. The molecular formula is C26H26N6O3. The summed E-state index contributed by atoms with van der Waals surface area (Å²) in [5.74, 6) is 1.39. The zero-order valence-electron chi connectivity index (χ0n) is 19.3. The molecule has 35 heavy (non-hydrogen) atoms. The van der Waals surface area contributed by atoms with Gasteiger partial charge in [0.25, 0.3) is 5.56 Å². The molecule has 0 bridgehead atoms. The van der Waals surface area contributed by atoms with Gasteiger partial charge in [0.2, 0.25) is 5.91 Å². The van der Waals surface area contributed by atoms with Crippen LogP contribution in [-0.2, 0) is 30.8 Å². The summed E-state index contributed by atoms with van der Waals surface area (Å²) in [6.07, 6.45) is 5.82. The topological polar surface area (TPSA) is 104 Å². The van der Waals surface area contributed by atoms with Gasteiger partial charge in [-0.15, -0.1) is 10.2 Å². The van der Waals surface area contributed by atoms with E-state index in [1.807, 2.05) is 42.5 Å².